The SMILES string of the molecule is CC1=CC(C)(C)N(C(C)C(=O)O)c2cc(C)ccc21. The Kier molecular flexibility index (Phi) is 3.17. The van der Waals surface area contributed by atoms with Crippen LogP contribution in [0.1, 0.15) is 38.8 Å². The van der Waals surface area contributed by atoms with E-state index in [-0.39, 0.29) is 5.54 Å². The number of fused-ring (bicyclic) bond motifs is 1. The summed E-state index contributed by atoms with van der Waals surface area (Å²) in [6.45, 7) is 9.97. The van der Waals surface area contributed by atoms with E-state index >= 15 is 0 Å². The molecule has 1 aliphatic rings. The summed E-state index contributed by atoms with van der Waals surface area (Å²) in [6, 6.07) is 5.67. The van der Waals surface area contributed by atoms with Crippen molar-refractivity contribution in [1.82, 2.24) is 0 Å². The minimum atomic E-state index is -0.798. The van der Waals surface area contributed by atoms with Crippen molar-refractivity contribution >= 4 is 17.2 Å². The second-order valence-corrected chi connectivity index (χ2v) is 5.89. The molecular formula is C16H21NO2. The van der Waals surface area contributed by atoms with E-state index in [1.165, 1.54) is 5.57 Å². The lowest BCUT2D eigenvalue weighted by Crippen LogP contribution is -2.53. The molecule has 1 aliphatic heterocycles. The van der Waals surface area contributed by atoms with Gasteiger partial charge in [0.05, 0.1) is 5.54 Å². The quantitative estimate of drug-likeness (QED) is 0.884. The van der Waals surface area contributed by atoms with Gasteiger partial charge in [-0.25, -0.2) is 4.79 Å². The van der Waals surface area contributed by atoms with Crippen LogP contribution in [0, 0.1) is 6.92 Å². The van der Waals surface area contributed by atoms with Gasteiger partial charge >= 0.3 is 5.97 Å². The van der Waals surface area contributed by atoms with Crippen LogP contribution >= 0.6 is 0 Å². The molecular weight excluding hydrogens is 238 g/mol. The number of rotatable bonds is 2. The van der Waals surface area contributed by atoms with Crippen LogP contribution in [0.3, 0.4) is 0 Å². The normalized spacial score (nSPS) is 18.6. The van der Waals surface area contributed by atoms with E-state index in [0.717, 1.165) is 16.8 Å². The van der Waals surface area contributed by atoms with Crippen LogP contribution in [-0.4, -0.2) is 22.7 Å². The first-order valence-corrected chi connectivity index (χ1v) is 6.56. The Labute approximate surface area is 114 Å². The van der Waals surface area contributed by atoms with Gasteiger partial charge in [0.2, 0.25) is 0 Å². The predicted octanol–water partition coefficient (Wildman–Crippen LogP) is 3.47. The van der Waals surface area contributed by atoms with Gasteiger partial charge in [-0.1, -0.05) is 18.2 Å². The van der Waals surface area contributed by atoms with E-state index in [1.807, 2.05) is 11.8 Å². The van der Waals surface area contributed by atoms with Gasteiger partial charge in [-0.15, -0.1) is 0 Å². The molecule has 3 heteroatoms. The molecule has 0 aliphatic carbocycles. The van der Waals surface area contributed by atoms with Crippen molar-refractivity contribution in [2.24, 2.45) is 0 Å². The average Bonchev–Trinajstić information content (AvgIpc) is 2.26. The molecule has 0 aromatic heterocycles. The van der Waals surface area contributed by atoms with Crippen LogP contribution in [0.25, 0.3) is 5.57 Å². The molecule has 1 N–H and O–H groups in total. The lowest BCUT2D eigenvalue weighted by Gasteiger charge is -2.45. The number of carboxylic acid groups (broad SMARTS) is 1. The van der Waals surface area contributed by atoms with Crippen molar-refractivity contribution in [3.63, 3.8) is 0 Å². The molecule has 0 radical (unpaired) electrons. The zero-order valence-electron chi connectivity index (χ0n) is 12.2. The third-order valence-corrected chi connectivity index (χ3v) is 3.77. The van der Waals surface area contributed by atoms with Crippen molar-refractivity contribution in [2.45, 2.75) is 46.2 Å². The maximum Gasteiger partial charge on any atom is 0.326 e. The van der Waals surface area contributed by atoms with Crippen molar-refractivity contribution in [1.29, 1.82) is 0 Å². The molecule has 0 fully saturated rings. The number of nitrogens with zero attached hydrogens (tertiary/aromatic N) is 1. The smallest absolute Gasteiger partial charge is 0.326 e. The molecule has 1 atom stereocenters. The maximum absolute atomic E-state index is 11.4. The summed E-state index contributed by atoms with van der Waals surface area (Å²) in [5.74, 6) is -0.798. The van der Waals surface area contributed by atoms with Crippen LogP contribution < -0.4 is 4.90 Å². The Morgan fingerprint density at radius 2 is 1.95 bits per heavy atom. The van der Waals surface area contributed by atoms with Crippen molar-refractivity contribution in [2.75, 3.05) is 4.90 Å². The van der Waals surface area contributed by atoms with E-state index in [4.69, 9.17) is 0 Å². The molecule has 3 nitrogen and oxygen atoms in total. The summed E-state index contributed by atoms with van der Waals surface area (Å²) < 4.78 is 0. The molecule has 1 aromatic rings. The average molecular weight is 259 g/mol. The van der Waals surface area contributed by atoms with Gasteiger partial charge in [0.15, 0.2) is 0 Å². The van der Waals surface area contributed by atoms with Crippen molar-refractivity contribution < 1.29 is 9.90 Å². The Balaban J connectivity index is 2.66. The third-order valence-electron chi connectivity index (χ3n) is 3.77. The molecule has 19 heavy (non-hydrogen) atoms. The van der Waals surface area contributed by atoms with E-state index in [1.54, 1.807) is 6.92 Å². The Hall–Kier alpha value is -1.77. The zero-order valence-corrected chi connectivity index (χ0v) is 12.2. The molecule has 0 saturated carbocycles. The highest BCUT2D eigenvalue weighted by Crippen LogP contribution is 2.40. The first-order valence-electron chi connectivity index (χ1n) is 6.56. The number of allylic oxidation sites excluding steroid dienone is 1. The molecule has 1 heterocycles. The summed E-state index contributed by atoms with van der Waals surface area (Å²) in [6.07, 6.45) is 2.14. The molecule has 0 amide bonds. The second-order valence-electron chi connectivity index (χ2n) is 5.89. The number of aryl methyl sites for hydroxylation is 1. The Bertz CT molecular complexity index is 558. The predicted molar refractivity (Wildman–Crippen MR) is 78.5 cm³/mol. The van der Waals surface area contributed by atoms with Crippen LogP contribution in [0.2, 0.25) is 0 Å². The van der Waals surface area contributed by atoms with Gasteiger partial charge in [-0.2, -0.15) is 0 Å². The highest BCUT2D eigenvalue weighted by Gasteiger charge is 2.36. The van der Waals surface area contributed by atoms with E-state index in [0.29, 0.717) is 0 Å². The maximum atomic E-state index is 11.4. The van der Waals surface area contributed by atoms with Gasteiger partial charge in [-0.3, -0.25) is 0 Å². The highest BCUT2D eigenvalue weighted by molar-refractivity contribution is 5.86. The molecule has 2 rings (SSSR count). The Morgan fingerprint density at radius 3 is 2.53 bits per heavy atom. The van der Waals surface area contributed by atoms with Crippen LogP contribution in [-0.2, 0) is 4.79 Å². The molecule has 0 bridgehead atoms. The van der Waals surface area contributed by atoms with Gasteiger partial charge < -0.3 is 10.0 Å². The fraction of sp³-hybridized carbons (Fsp3) is 0.438. The summed E-state index contributed by atoms with van der Waals surface area (Å²) in [4.78, 5) is 13.4. The number of anilines is 1. The van der Waals surface area contributed by atoms with Crippen molar-refractivity contribution in [3.05, 3.63) is 35.4 Å². The highest BCUT2D eigenvalue weighted by atomic mass is 16.4. The number of carbonyl (C=O) groups is 1. The van der Waals surface area contributed by atoms with Gasteiger partial charge in [0.1, 0.15) is 6.04 Å². The summed E-state index contributed by atoms with van der Waals surface area (Å²) in [5, 5.41) is 9.36. The fourth-order valence-corrected chi connectivity index (χ4v) is 2.98. The van der Waals surface area contributed by atoms with Crippen molar-refractivity contribution in [3.8, 4) is 0 Å². The summed E-state index contributed by atoms with van der Waals surface area (Å²) in [5.41, 5.74) is 4.18. The molecule has 0 saturated heterocycles. The largest absolute Gasteiger partial charge is 0.480 e. The molecule has 102 valence electrons. The van der Waals surface area contributed by atoms with E-state index in [2.05, 4.69) is 45.0 Å². The van der Waals surface area contributed by atoms with Crippen LogP contribution in [0.15, 0.2) is 24.3 Å². The number of hydrogen-bond donors (Lipinski definition) is 1. The van der Waals surface area contributed by atoms with E-state index < -0.39 is 12.0 Å². The van der Waals surface area contributed by atoms with Gasteiger partial charge in [0.25, 0.3) is 0 Å². The summed E-state index contributed by atoms with van der Waals surface area (Å²) >= 11 is 0. The monoisotopic (exact) mass is 259 g/mol. The van der Waals surface area contributed by atoms with Crippen LogP contribution in [0.4, 0.5) is 5.69 Å². The molecule has 1 aromatic carbocycles. The fourth-order valence-electron chi connectivity index (χ4n) is 2.98. The number of aliphatic carboxylic acids is 1. The zero-order chi connectivity index (χ0) is 14.4. The minimum Gasteiger partial charge on any atom is -0.480 e. The lowest BCUT2D eigenvalue weighted by molar-refractivity contribution is -0.138. The van der Waals surface area contributed by atoms with Gasteiger partial charge in [0, 0.05) is 11.3 Å². The Morgan fingerprint density at radius 1 is 1.32 bits per heavy atom. The minimum absolute atomic E-state index is 0.303. The first-order chi connectivity index (χ1) is 8.74. The number of carboxylic acids is 1. The topological polar surface area (TPSA) is 40.5 Å². The van der Waals surface area contributed by atoms with Crippen LogP contribution in [0.5, 0.6) is 0 Å². The number of benzene rings is 1. The molecule has 0 spiro atoms. The standard InChI is InChI=1S/C16H21NO2/c1-10-6-7-13-11(2)9-16(4,5)17(14(13)8-10)12(3)15(18)19/h6-9,12H,1-5H3,(H,18,19). The molecule has 1 unspecified atom stereocenters. The second kappa shape index (κ2) is 4.41. The third kappa shape index (κ3) is 2.25. The summed E-state index contributed by atoms with van der Waals surface area (Å²) in [7, 11) is 0. The van der Waals surface area contributed by atoms with E-state index in [9.17, 15) is 9.90 Å². The van der Waals surface area contributed by atoms with Gasteiger partial charge in [-0.05, 0) is 51.8 Å². The first kappa shape index (κ1) is 13.7. The lowest BCUT2D eigenvalue weighted by atomic mass is 9.87. The number of hydrogen-bond acceptors (Lipinski definition) is 2.